The van der Waals surface area contributed by atoms with Crippen LogP contribution < -0.4 is 17.4 Å². The Hall–Kier alpha value is -0.810. The fourth-order valence-electron chi connectivity index (χ4n) is 0.905. The van der Waals surface area contributed by atoms with Gasteiger partial charge in [-0.1, -0.05) is 47.0 Å². The van der Waals surface area contributed by atoms with E-state index in [4.69, 9.17) is 0 Å². The third-order valence-electron chi connectivity index (χ3n) is 1.78. The molecule has 0 unspecified atom stereocenters. The first-order valence-corrected chi connectivity index (χ1v) is 5.29. The van der Waals surface area contributed by atoms with Crippen molar-refractivity contribution in [1.82, 2.24) is 5.12 Å². The highest BCUT2D eigenvalue weighted by molar-refractivity contribution is 5.70. The number of hydrogen-bond acceptors (Lipinski definition) is 3. The molecule has 0 rings (SSSR count). The minimum absolute atomic E-state index is 0.306. The molecule has 5 nitrogen and oxygen atoms in total. The molecule has 92 valence electrons. The molecule has 0 aromatic carbocycles. The van der Waals surface area contributed by atoms with E-state index in [-0.39, 0.29) is 0 Å². The Morgan fingerprint density at radius 1 is 1.20 bits per heavy atom. The Kier molecular flexibility index (Phi) is 9.41. The number of nitrogens with two attached hydrogens (primary N) is 3. The summed E-state index contributed by atoms with van der Waals surface area (Å²) in [6.45, 7) is 9.18. The summed E-state index contributed by atoms with van der Waals surface area (Å²) in [6.07, 6.45) is 5.52. The number of amides is 2. The summed E-state index contributed by atoms with van der Waals surface area (Å²) < 4.78 is 0. The van der Waals surface area contributed by atoms with Gasteiger partial charge >= 0.3 is 6.03 Å². The summed E-state index contributed by atoms with van der Waals surface area (Å²) >= 11 is 0. The van der Waals surface area contributed by atoms with Crippen molar-refractivity contribution in [3.05, 3.63) is 0 Å². The first-order chi connectivity index (χ1) is 6.70. The largest absolute Gasteiger partial charge is 0.349 e. The van der Waals surface area contributed by atoms with Crippen molar-refractivity contribution in [1.29, 1.82) is 0 Å². The molecule has 0 spiro atoms. The molecule has 15 heavy (non-hydrogen) atoms. The van der Waals surface area contributed by atoms with Crippen molar-refractivity contribution in [2.24, 2.45) is 22.8 Å². The van der Waals surface area contributed by atoms with Gasteiger partial charge in [-0.15, -0.1) is 0 Å². The van der Waals surface area contributed by atoms with Gasteiger partial charge in [-0.05, 0) is 11.8 Å². The lowest BCUT2D eigenvalue weighted by Gasteiger charge is -2.16. The molecule has 0 aromatic heterocycles. The van der Waals surface area contributed by atoms with Gasteiger partial charge in [0, 0.05) is 0 Å². The van der Waals surface area contributed by atoms with Gasteiger partial charge in [0.05, 0.1) is 0 Å². The maximum atomic E-state index is 9.60. The van der Waals surface area contributed by atoms with Crippen LogP contribution in [0.25, 0.3) is 0 Å². The van der Waals surface area contributed by atoms with E-state index in [1.165, 1.54) is 25.7 Å². The van der Waals surface area contributed by atoms with Crippen molar-refractivity contribution in [2.75, 3.05) is 0 Å². The second-order valence-electron chi connectivity index (χ2n) is 4.76. The van der Waals surface area contributed by atoms with E-state index in [0.29, 0.717) is 10.5 Å². The summed E-state index contributed by atoms with van der Waals surface area (Å²) in [7, 11) is 0. The summed E-state index contributed by atoms with van der Waals surface area (Å²) in [5, 5.41) is 0.306. The van der Waals surface area contributed by atoms with Gasteiger partial charge in [-0.3, -0.25) is 0 Å². The highest BCUT2D eigenvalue weighted by Gasteiger charge is 2.07. The quantitative estimate of drug-likeness (QED) is 0.291. The van der Waals surface area contributed by atoms with Crippen LogP contribution in [-0.2, 0) is 0 Å². The zero-order valence-electron chi connectivity index (χ0n) is 10.4. The molecule has 0 atom stereocenters. The van der Waals surface area contributed by atoms with Crippen LogP contribution in [0.15, 0.2) is 0 Å². The van der Waals surface area contributed by atoms with Crippen molar-refractivity contribution in [3.63, 3.8) is 0 Å². The number of rotatable bonds is 3. The number of unbranched alkanes of at least 4 members (excludes halogenated alkanes) is 2. The van der Waals surface area contributed by atoms with Gasteiger partial charge in [-0.2, -0.15) is 5.12 Å². The Balaban J connectivity index is 0. The number of hydrogen-bond donors (Lipinski definition) is 3. The average molecular weight is 218 g/mol. The van der Waals surface area contributed by atoms with Crippen LogP contribution in [0.4, 0.5) is 4.79 Å². The number of nitrogens with zero attached hydrogens (tertiary/aromatic N) is 1. The second kappa shape index (κ2) is 8.49. The zero-order valence-corrected chi connectivity index (χ0v) is 10.4. The van der Waals surface area contributed by atoms with Crippen LogP contribution in [0.1, 0.15) is 53.4 Å². The van der Waals surface area contributed by atoms with E-state index in [1.54, 1.807) is 0 Å². The SMILES string of the molecule is CCCCCC(C)(C)C.NC(=O)N(N)N. The smallest absolute Gasteiger partial charge is 0.343 e. The van der Waals surface area contributed by atoms with Crippen LogP contribution in [-0.4, -0.2) is 11.1 Å². The van der Waals surface area contributed by atoms with E-state index in [9.17, 15) is 4.79 Å². The molecule has 0 aliphatic heterocycles. The van der Waals surface area contributed by atoms with Gasteiger partial charge in [0.15, 0.2) is 0 Å². The number of hydrazine groups is 2. The summed E-state index contributed by atoms with van der Waals surface area (Å²) in [5.41, 5.74) is 5.02. The predicted octanol–water partition coefficient (Wildman–Crippen LogP) is 1.73. The third-order valence-corrected chi connectivity index (χ3v) is 1.78. The summed E-state index contributed by atoms with van der Waals surface area (Å²) in [5.74, 6) is 9.14. The molecule has 0 aliphatic carbocycles. The Bertz CT molecular complexity index is 163. The lowest BCUT2D eigenvalue weighted by Crippen LogP contribution is -2.46. The van der Waals surface area contributed by atoms with Gasteiger partial charge in [0.2, 0.25) is 0 Å². The Morgan fingerprint density at radius 3 is 1.80 bits per heavy atom. The number of carbonyl (C=O) groups is 1. The molecule has 0 fully saturated rings. The first kappa shape index (κ1) is 16.6. The second-order valence-corrected chi connectivity index (χ2v) is 4.76. The van der Waals surface area contributed by atoms with Crippen LogP contribution in [0.3, 0.4) is 0 Å². The maximum Gasteiger partial charge on any atom is 0.343 e. The molecule has 0 saturated heterocycles. The maximum absolute atomic E-state index is 9.60. The highest BCUT2D eigenvalue weighted by atomic mass is 16.2. The molecule has 0 aromatic rings. The van der Waals surface area contributed by atoms with Crippen molar-refractivity contribution in [2.45, 2.75) is 53.4 Å². The summed E-state index contributed by atoms with van der Waals surface area (Å²) in [6, 6.07) is -0.852. The zero-order chi connectivity index (χ0) is 12.5. The first-order valence-electron chi connectivity index (χ1n) is 5.29. The van der Waals surface area contributed by atoms with Gasteiger partial charge in [0.25, 0.3) is 0 Å². The molecular formula is C10H26N4O. The minimum Gasteiger partial charge on any atom is -0.349 e. The van der Waals surface area contributed by atoms with Crippen molar-refractivity contribution in [3.8, 4) is 0 Å². The van der Waals surface area contributed by atoms with Crippen LogP contribution >= 0.6 is 0 Å². The fraction of sp³-hybridized carbons (Fsp3) is 0.900. The molecule has 0 heterocycles. The molecule has 0 radical (unpaired) electrons. The molecular weight excluding hydrogens is 192 g/mol. The minimum atomic E-state index is -0.852. The third kappa shape index (κ3) is 19.6. The normalized spacial score (nSPS) is 10.3. The molecule has 6 N–H and O–H groups in total. The van der Waals surface area contributed by atoms with Crippen molar-refractivity contribution < 1.29 is 4.79 Å². The molecule has 0 aliphatic rings. The van der Waals surface area contributed by atoms with Gasteiger partial charge < -0.3 is 5.73 Å². The topological polar surface area (TPSA) is 98.4 Å². The molecule has 0 saturated carbocycles. The van der Waals surface area contributed by atoms with Crippen LogP contribution in [0, 0.1) is 5.41 Å². The Morgan fingerprint density at radius 2 is 1.60 bits per heavy atom. The lowest BCUT2D eigenvalue weighted by atomic mass is 9.90. The molecule has 0 bridgehead atoms. The van der Waals surface area contributed by atoms with Gasteiger partial charge in [0.1, 0.15) is 0 Å². The standard InChI is InChI=1S/C9H20.CH6N4O/c1-5-6-7-8-9(2,3)4;2-1(6)5(3)4/h5-8H2,1-4H3;3-4H2,(H2,2,6). The van der Waals surface area contributed by atoms with Gasteiger partial charge in [-0.25, -0.2) is 16.5 Å². The van der Waals surface area contributed by atoms with E-state index in [0.717, 1.165) is 0 Å². The molecule has 5 heteroatoms. The van der Waals surface area contributed by atoms with E-state index in [1.807, 2.05) is 0 Å². The number of primary amides is 1. The predicted molar refractivity (Wildman–Crippen MR) is 63.4 cm³/mol. The van der Waals surface area contributed by atoms with Crippen LogP contribution in [0.2, 0.25) is 0 Å². The highest BCUT2D eigenvalue weighted by Crippen LogP contribution is 2.21. The monoisotopic (exact) mass is 218 g/mol. The number of carbonyl (C=O) groups excluding carboxylic acids is 1. The van der Waals surface area contributed by atoms with Crippen LogP contribution in [0.5, 0.6) is 0 Å². The van der Waals surface area contributed by atoms with E-state index in [2.05, 4.69) is 45.1 Å². The average Bonchev–Trinajstić information content (AvgIpc) is 2.03. The molecule has 2 amide bonds. The van der Waals surface area contributed by atoms with Crippen molar-refractivity contribution >= 4 is 6.03 Å². The summed E-state index contributed by atoms with van der Waals surface area (Å²) in [4.78, 5) is 9.60. The number of urea groups is 1. The Labute approximate surface area is 92.9 Å². The fourth-order valence-corrected chi connectivity index (χ4v) is 0.905. The van der Waals surface area contributed by atoms with E-state index >= 15 is 0 Å². The van der Waals surface area contributed by atoms with E-state index < -0.39 is 6.03 Å². The lowest BCUT2D eigenvalue weighted by molar-refractivity contribution is 0.210.